The van der Waals surface area contributed by atoms with Crippen LogP contribution in [0.3, 0.4) is 0 Å². The summed E-state index contributed by atoms with van der Waals surface area (Å²) in [5.74, 6) is -2.82. The molecule has 0 unspecified atom stereocenters. The maximum absolute atomic E-state index is 15.1. The molecule has 0 aliphatic heterocycles. The van der Waals surface area contributed by atoms with Crippen LogP contribution < -0.4 is 10.6 Å². The molecular formula is C17H14F2IN3O4. The van der Waals surface area contributed by atoms with Gasteiger partial charge in [-0.3, -0.25) is 10.1 Å². The first-order chi connectivity index (χ1) is 12.8. The topological polar surface area (TPSA) is 93.5 Å². The van der Waals surface area contributed by atoms with E-state index < -0.39 is 45.2 Å². The first-order valence-electron chi connectivity index (χ1n) is 7.46. The molecule has 0 aromatic heterocycles. The molecule has 0 heterocycles. The van der Waals surface area contributed by atoms with Crippen LogP contribution in [0.15, 0.2) is 36.9 Å². The number of halogens is 3. The van der Waals surface area contributed by atoms with Gasteiger partial charge in [-0.15, -0.1) is 6.58 Å². The van der Waals surface area contributed by atoms with Crippen LogP contribution in [-0.2, 0) is 4.74 Å². The first-order valence-corrected chi connectivity index (χ1v) is 8.54. The lowest BCUT2D eigenvalue weighted by Gasteiger charge is -2.16. The number of rotatable bonds is 7. The molecule has 0 saturated heterocycles. The van der Waals surface area contributed by atoms with Gasteiger partial charge in [0.15, 0.2) is 11.5 Å². The number of anilines is 3. The average Bonchev–Trinajstić information content (AvgIpc) is 2.63. The fraction of sp³-hybridized carbons (Fsp3) is 0.118. The Morgan fingerprint density at radius 3 is 2.63 bits per heavy atom. The number of ether oxygens (including phenoxy) is 1. The molecule has 0 saturated carbocycles. The third-order valence-electron chi connectivity index (χ3n) is 3.46. The van der Waals surface area contributed by atoms with Gasteiger partial charge in [0.25, 0.3) is 5.69 Å². The summed E-state index contributed by atoms with van der Waals surface area (Å²) in [6.07, 6.45) is 1.38. The van der Waals surface area contributed by atoms with Gasteiger partial charge >= 0.3 is 5.97 Å². The van der Waals surface area contributed by atoms with E-state index in [9.17, 15) is 19.3 Å². The highest BCUT2D eigenvalue weighted by Crippen LogP contribution is 2.38. The summed E-state index contributed by atoms with van der Waals surface area (Å²) in [6, 6.07) is 5.01. The number of nitrogens with zero attached hydrogens (tertiary/aromatic N) is 1. The van der Waals surface area contributed by atoms with Crippen LogP contribution in [0, 0.1) is 25.3 Å². The molecule has 27 heavy (non-hydrogen) atoms. The minimum Gasteiger partial charge on any atom is -0.465 e. The normalized spacial score (nSPS) is 10.2. The first kappa shape index (κ1) is 20.6. The quantitative estimate of drug-likeness (QED) is 0.194. The number of hydrogen-bond acceptors (Lipinski definition) is 6. The molecule has 0 radical (unpaired) electrons. The van der Waals surface area contributed by atoms with Crippen molar-refractivity contribution in [3.63, 3.8) is 0 Å². The molecule has 142 valence electrons. The number of nitro benzene ring substituents is 1. The van der Waals surface area contributed by atoms with Gasteiger partial charge in [-0.2, -0.15) is 0 Å². The zero-order chi connectivity index (χ0) is 20.1. The highest BCUT2D eigenvalue weighted by Gasteiger charge is 2.28. The SMILES string of the molecule is C=CCNc1c([N+](=O)[O-])cc(C(=O)OC)c(Nc2ccc(I)cc2F)c1F. The number of hydrogen-bond donors (Lipinski definition) is 2. The summed E-state index contributed by atoms with van der Waals surface area (Å²) in [4.78, 5) is 22.5. The molecule has 2 rings (SSSR count). The minimum absolute atomic E-state index is 0.0344. The maximum Gasteiger partial charge on any atom is 0.340 e. The molecule has 2 aromatic rings. The number of nitro groups is 1. The maximum atomic E-state index is 15.1. The van der Waals surface area contributed by atoms with Crippen molar-refractivity contribution in [2.75, 3.05) is 24.3 Å². The Morgan fingerprint density at radius 1 is 1.37 bits per heavy atom. The lowest BCUT2D eigenvalue weighted by atomic mass is 10.1. The molecule has 2 aromatic carbocycles. The largest absolute Gasteiger partial charge is 0.465 e. The molecule has 0 atom stereocenters. The highest BCUT2D eigenvalue weighted by molar-refractivity contribution is 14.1. The van der Waals surface area contributed by atoms with Gasteiger partial charge in [0.2, 0.25) is 0 Å². The lowest BCUT2D eigenvalue weighted by Crippen LogP contribution is -2.13. The van der Waals surface area contributed by atoms with Crippen molar-refractivity contribution in [2.45, 2.75) is 0 Å². The fourth-order valence-corrected chi connectivity index (χ4v) is 2.69. The van der Waals surface area contributed by atoms with E-state index in [2.05, 4.69) is 21.9 Å². The van der Waals surface area contributed by atoms with Gasteiger partial charge in [-0.25, -0.2) is 13.6 Å². The third-order valence-corrected chi connectivity index (χ3v) is 4.13. The zero-order valence-corrected chi connectivity index (χ0v) is 16.2. The molecular weight excluding hydrogens is 475 g/mol. The van der Waals surface area contributed by atoms with Crippen molar-refractivity contribution in [2.24, 2.45) is 0 Å². The Morgan fingerprint density at radius 2 is 2.07 bits per heavy atom. The summed E-state index contributed by atoms with van der Waals surface area (Å²) < 4.78 is 34.4. The number of methoxy groups -OCH3 is 1. The van der Waals surface area contributed by atoms with Crippen LogP contribution in [0.25, 0.3) is 0 Å². The van der Waals surface area contributed by atoms with Gasteiger partial charge in [0.05, 0.1) is 29.0 Å². The molecule has 0 spiro atoms. The van der Waals surface area contributed by atoms with Crippen molar-refractivity contribution in [1.29, 1.82) is 0 Å². The van der Waals surface area contributed by atoms with Crippen LogP contribution in [0.5, 0.6) is 0 Å². The fourth-order valence-electron chi connectivity index (χ4n) is 2.24. The molecule has 10 heteroatoms. The Kier molecular flexibility index (Phi) is 6.66. The predicted octanol–water partition coefficient (Wildman–Crippen LogP) is 4.61. The number of carbonyl (C=O) groups is 1. The number of carbonyl (C=O) groups excluding carboxylic acids is 1. The Hall–Kier alpha value is -2.76. The summed E-state index contributed by atoms with van der Waals surface area (Å²) in [7, 11) is 1.05. The molecule has 0 bridgehead atoms. The second-order valence-corrected chi connectivity index (χ2v) is 6.42. The second-order valence-electron chi connectivity index (χ2n) is 5.17. The molecule has 0 aliphatic carbocycles. The molecule has 0 fully saturated rings. The van der Waals surface area contributed by atoms with E-state index in [1.807, 2.05) is 22.6 Å². The Bertz CT molecular complexity index is 922. The molecule has 2 N–H and O–H groups in total. The Labute approximate surface area is 166 Å². The minimum atomic E-state index is -1.12. The van der Waals surface area contributed by atoms with Crippen LogP contribution in [0.1, 0.15) is 10.4 Å². The van der Waals surface area contributed by atoms with E-state index in [0.29, 0.717) is 3.57 Å². The second kappa shape index (κ2) is 8.75. The average molecular weight is 489 g/mol. The van der Waals surface area contributed by atoms with Crippen LogP contribution in [0.2, 0.25) is 0 Å². The van der Waals surface area contributed by atoms with Crippen molar-refractivity contribution in [1.82, 2.24) is 0 Å². The number of esters is 1. The van der Waals surface area contributed by atoms with E-state index >= 15 is 4.39 Å². The van der Waals surface area contributed by atoms with E-state index in [1.165, 1.54) is 18.2 Å². The number of benzene rings is 2. The molecule has 7 nitrogen and oxygen atoms in total. The zero-order valence-electron chi connectivity index (χ0n) is 14.0. The summed E-state index contributed by atoms with van der Waals surface area (Å²) >= 11 is 1.90. The summed E-state index contributed by atoms with van der Waals surface area (Å²) in [5.41, 5.74) is -2.12. The van der Waals surface area contributed by atoms with Gasteiger partial charge in [0, 0.05) is 16.2 Å². The van der Waals surface area contributed by atoms with Crippen molar-refractivity contribution in [3.05, 3.63) is 67.8 Å². The highest BCUT2D eigenvalue weighted by atomic mass is 127. The molecule has 0 aliphatic rings. The summed E-state index contributed by atoms with van der Waals surface area (Å²) in [6.45, 7) is 3.49. The van der Waals surface area contributed by atoms with Gasteiger partial charge in [0.1, 0.15) is 5.82 Å². The Balaban J connectivity index is 2.69. The van der Waals surface area contributed by atoms with Crippen LogP contribution in [0.4, 0.5) is 31.5 Å². The van der Waals surface area contributed by atoms with Crippen LogP contribution in [-0.4, -0.2) is 24.5 Å². The van der Waals surface area contributed by atoms with E-state index in [1.54, 1.807) is 6.07 Å². The van der Waals surface area contributed by atoms with Gasteiger partial charge in [-0.05, 0) is 40.8 Å². The monoisotopic (exact) mass is 489 g/mol. The standard InChI is InChI=1S/C17H14F2IN3O4/c1-3-6-21-16-13(23(25)26)8-10(17(24)27-2)15(14(16)19)22-12-5-4-9(20)7-11(12)18/h3-5,7-8,21-22H,1,6H2,2H3. The van der Waals surface area contributed by atoms with Crippen molar-refractivity contribution in [3.8, 4) is 0 Å². The summed E-state index contributed by atoms with van der Waals surface area (Å²) in [5, 5.41) is 16.3. The number of nitrogens with one attached hydrogen (secondary N) is 2. The van der Waals surface area contributed by atoms with E-state index in [-0.39, 0.29) is 12.2 Å². The van der Waals surface area contributed by atoms with E-state index in [0.717, 1.165) is 13.2 Å². The lowest BCUT2D eigenvalue weighted by molar-refractivity contribution is -0.384. The van der Waals surface area contributed by atoms with Crippen LogP contribution >= 0.6 is 22.6 Å². The van der Waals surface area contributed by atoms with Gasteiger partial charge in [-0.1, -0.05) is 6.08 Å². The smallest absolute Gasteiger partial charge is 0.340 e. The van der Waals surface area contributed by atoms with Gasteiger partial charge < -0.3 is 15.4 Å². The molecule has 0 amide bonds. The van der Waals surface area contributed by atoms with Crippen molar-refractivity contribution >= 4 is 51.3 Å². The predicted molar refractivity (Wildman–Crippen MR) is 105 cm³/mol. The third kappa shape index (κ3) is 4.51. The van der Waals surface area contributed by atoms with Crippen molar-refractivity contribution < 1.29 is 23.2 Å². The van der Waals surface area contributed by atoms with E-state index in [4.69, 9.17) is 0 Å².